The molecule has 1 rings (SSSR count). The summed E-state index contributed by atoms with van der Waals surface area (Å²) < 4.78 is 29.6. The van der Waals surface area contributed by atoms with E-state index >= 15 is 0 Å². The van der Waals surface area contributed by atoms with E-state index in [0.717, 1.165) is 0 Å². The second-order valence-corrected chi connectivity index (χ2v) is 8.49. The molecule has 0 saturated heterocycles. The summed E-state index contributed by atoms with van der Waals surface area (Å²) >= 11 is 0. The molecule has 0 aliphatic heterocycles. The number of rotatable bonds is 13. The summed E-state index contributed by atoms with van der Waals surface area (Å²) in [6.07, 6.45) is 21.7. The Morgan fingerprint density at radius 3 is 1.92 bits per heavy atom. The lowest BCUT2D eigenvalue weighted by Gasteiger charge is -2.02. The van der Waals surface area contributed by atoms with Crippen LogP contribution in [0, 0.1) is 0 Å². The third-order valence-corrected chi connectivity index (χ3v) is 4.26. The van der Waals surface area contributed by atoms with Gasteiger partial charge in [-0.25, -0.2) is 13.0 Å². The van der Waals surface area contributed by atoms with Gasteiger partial charge >= 0.3 is 0 Å². The van der Waals surface area contributed by atoms with Crippen molar-refractivity contribution in [3.05, 3.63) is 30.1 Å². The minimum absolute atomic E-state index is 0.604. The van der Waals surface area contributed by atoms with E-state index in [1.54, 1.807) is 0 Å². The maximum absolute atomic E-state index is 9.08. The number of unbranched alkanes of at least 4 members (excludes halogenated alkanes) is 9. The summed E-state index contributed by atoms with van der Waals surface area (Å²) in [6.45, 7) is 5.74. The van der Waals surface area contributed by atoms with E-state index in [9.17, 15) is 0 Å². The Morgan fingerprint density at radius 2 is 1.38 bits per heavy atom. The van der Waals surface area contributed by atoms with Crippen LogP contribution in [0.3, 0.4) is 0 Å². The fourth-order valence-electron chi connectivity index (χ4n) is 2.85. The maximum Gasteiger partial charge on any atom is 0.171 e. The Balaban J connectivity index is 0.00000110. The SMILES string of the molecule is CCCCCCCCCCC[n+]1cccc(CCCC)c1.CS(=O)(=O)[O-]. The fraction of sp³-hybridized carbons (Fsp3) is 0.762. The van der Waals surface area contributed by atoms with Crippen molar-refractivity contribution in [2.45, 2.75) is 97.4 Å². The van der Waals surface area contributed by atoms with Gasteiger partial charge in [-0.1, -0.05) is 65.2 Å². The number of nitrogens with zero attached hydrogens (tertiary/aromatic N) is 1. The molecule has 0 N–H and O–H groups in total. The van der Waals surface area contributed by atoms with Gasteiger partial charge in [0.1, 0.15) is 6.54 Å². The Labute approximate surface area is 161 Å². The van der Waals surface area contributed by atoms with Crippen molar-refractivity contribution in [3.8, 4) is 0 Å². The Bertz CT molecular complexity index is 536. The Hall–Kier alpha value is -0.940. The standard InChI is InChI=1S/C20H36N.CH4O3S/c1-3-5-7-8-9-10-11-12-13-17-21-18-14-16-20(19-21)15-6-4-2;1-5(2,3)4/h14,16,18-19H,3-13,15,17H2,1-2H3;1H3,(H,2,3,4)/q+1;/p-1. The third-order valence-electron chi connectivity index (χ3n) is 4.26. The quantitative estimate of drug-likeness (QED) is 0.272. The fourth-order valence-corrected chi connectivity index (χ4v) is 2.85. The third kappa shape index (κ3) is 19.4. The van der Waals surface area contributed by atoms with E-state index in [0.29, 0.717) is 6.26 Å². The smallest absolute Gasteiger partial charge is 0.171 e. The second kappa shape index (κ2) is 16.2. The molecule has 0 saturated carbocycles. The molecule has 0 aliphatic rings. The predicted molar refractivity (Wildman–Crippen MR) is 108 cm³/mol. The molecule has 0 aliphatic carbocycles. The number of hydrogen-bond donors (Lipinski definition) is 0. The van der Waals surface area contributed by atoms with E-state index < -0.39 is 10.1 Å². The van der Waals surface area contributed by atoms with E-state index in [2.05, 4.69) is 42.9 Å². The molecule has 0 spiro atoms. The van der Waals surface area contributed by atoms with Crippen LogP contribution in [0.15, 0.2) is 24.5 Å². The zero-order valence-electron chi connectivity index (χ0n) is 17.1. The molecule has 0 unspecified atom stereocenters. The van der Waals surface area contributed by atoms with E-state index in [-0.39, 0.29) is 0 Å². The zero-order chi connectivity index (χ0) is 19.7. The summed E-state index contributed by atoms with van der Waals surface area (Å²) in [4.78, 5) is 0. The van der Waals surface area contributed by atoms with Crippen LogP contribution in [0.2, 0.25) is 0 Å². The first-order chi connectivity index (χ1) is 12.4. The average Bonchev–Trinajstić information content (AvgIpc) is 2.57. The van der Waals surface area contributed by atoms with Crippen molar-refractivity contribution in [1.82, 2.24) is 0 Å². The highest BCUT2D eigenvalue weighted by Crippen LogP contribution is 2.09. The lowest BCUT2D eigenvalue weighted by atomic mass is 10.1. The molecule has 1 heterocycles. The lowest BCUT2D eigenvalue weighted by molar-refractivity contribution is -0.697. The van der Waals surface area contributed by atoms with Gasteiger partial charge in [-0.05, 0) is 25.3 Å². The summed E-state index contributed by atoms with van der Waals surface area (Å²) in [5, 5.41) is 0. The topological polar surface area (TPSA) is 61.1 Å². The van der Waals surface area contributed by atoms with Crippen molar-refractivity contribution < 1.29 is 17.5 Å². The maximum atomic E-state index is 9.08. The molecule has 0 radical (unpaired) electrons. The summed E-state index contributed by atoms with van der Waals surface area (Å²) in [5.41, 5.74) is 1.50. The van der Waals surface area contributed by atoms with Crippen LogP contribution < -0.4 is 4.57 Å². The molecular weight excluding hydrogens is 346 g/mol. The van der Waals surface area contributed by atoms with Gasteiger partial charge in [0, 0.05) is 24.3 Å². The Kier molecular flexibility index (Phi) is 15.7. The van der Waals surface area contributed by atoms with Crippen molar-refractivity contribution >= 4 is 10.1 Å². The van der Waals surface area contributed by atoms with Crippen LogP contribution in [0.4, 0.5) is 0 Å². The van der Waals surface area contributed by atoms with Crippen LogP contribution in [0.1, 0.15) is 90.0 Å². The van der Waals surface area contributed by atoms with Gasteiger partial charge in [-0.3, -0.25) is 0 Å². The van der Waals surface area contributed by atoms with E-state index in [4.69, 9.17) is 13.0 Å². The van der Waals surface area contributed by atoms with Gasteiger partial charge in [-0.15, -0.1) is 0 Å². The van der Waals surface area contributed by atoms with Gasteiger partial charge in [0.15, 0.2) is 12.4 Å². The molecule has 152 valence electrons. The minimum atomic E-state index is -3.92. The zero-order valence-corrected chi connectivity index (χ0v) is 17.9. The molecule has 0 bridgehead atoms. The molecule has 26 heavy (non-hydrogen) atoms. The molecule has 5 heteroatoms. The number of pyridine rings is 1. The number of aromatic nitrogens is 1. The summed E-state index contributed by atoms with van der Waals surface area (Å²) in [5.74, 6) is 0. The van der Waals surface area contributed by atoms with Crippen LogP contribution in [-0.2, 0) is 23.1 Å². The Morgan fingerprint density at radius 1 is 0.885 bits per heavy atom. The first-order valence-electron chi connectivity index (χ1n) is 10.3. The molecule has 1 aromatic rings. The molecule has 0 fully saturated rings. The lowest BCUT2D eigenvalue weighted by Crippen LogP contribution is -2.33. The first kappa shape index (κ1) is 25.1. The molecular formula is C21H39NO3S. The number of hydrogen-bond acceptors (Lipinski definition) is 3. The van der Waals surface area contributed by atoms with Gasteiger partial charge in [0.2, 0.25) is 0 Å². The van der Waals surface area contributed by atoms with Crippen molar-refractivity contribution in [2.24, 2.45) is 0 Å². The molecule has 0 atom stereocenters. The average molecular weight is 386 g/mol. The highest BCUT2D eigenvalue weighted by atomic mass is 32.2. The van der Waals surface area contributed by atoms with Gasteiger partial charge in [0.25, 0.3) is 0 Å². The van der Waals surface area contributed by atoms with Crippen LogP contribution in [0.5, 0.6) is 0 Å². The van der Waals surface area contributed by atoms with Crippen LogP contribution in [0.25, 0.3) is 0 Å². The van der Waals surface area contributed by atoms with Crippen molar-refractivity contribution in [2.75, 3.05) is 6.26 Å². The van der Waals surface area contributed by atoms with Crippen LogP contribution in [-0.4, -0.2) is 19.2 Å². The second-order valence-electron chi connectivity index (χ2n) is 7.09. The molecule has 1 aromatic heterocycles. The van der Waals surface area contributed by atoms with E-state index in [1.807, 2.05) is 0 Å². The largest absolute Gasteiger partial charge is 0.748 e. The van der Waals surface area contributed by atoms with Gasteiger partial charge < -0.3 is 4.55 Å². The minimum Gasteiger partial charge on any atom is -0.748 e. The normalized spacial score (nSPS) is 11.1. The molecule has 0 amide bonds. The molecule has 0 aromatic carbocycles. The highest BCUT2D eigenvalue weighted by molar-refractivity contribution is 7.84. The van der Waals surface area contributed by atoms with Crippen molar-refractivity contribution in [3.63, 3.8) is 0 Å². The number of aryl methyl sites for hydroxylation is 2. The predicted octanol–water partition coefficient (Wildman–Crippen LogP) is 5.01. The molecule has 4 nitrogen and oxygen atoms in total. The summed E-state index contributed by atoms with van der Waals surface area (Å²) in [7, 11) is -3.92. The highest BCUT2D eigenvalue weighted by Gasteiger charge is 2.02. The first-order valence-corrected chi connectivity index (χ1v) is 12.1. The van der Waals surface area contributed by atoms with Crippen LogP contribution >= 0.6 is 0 Å². The van der Waals surface area contributed by atoms with Crippen molar-refractivity contribution in [1.29, 1.82) is 0 Å². The van der Waals surface area contributed by atoms with E-state index in [1.165, 1.54) is 89.2 Å². The monoisotopic (exact) mass is 385 g/mol. The van der Waals surface area contributed by atoms with Gasteiger partial charge in [0.05, 0.1) is 10.1 Å². The summed E-state index contributed by atoms with van der Waals surface area (Å²) in [6, 6.07) is 4.47. The van der Waals surface area contributed by atoms with Gasteiger partial charge in [-0.2, -0.15) is 0 Å².